The van der Waals surface area contributed by atoms with Crippen LogP contribution in [0.15, 0.2) is 42.7 Å². The Hall–Kier alpha value is -2.23. The van der Waals surface area contributed by atoms with Gasteiger partial charge in [-0.15, -0.1) is 0 Å². The van der Waals surface area contributed by atoms with E-state index in [1.54, 1.807) is 18.5 Å². The van der Waals surface area contributed by atoms with Crippen LogP contribution in [0.25, 0.3) is 0 Å². The van der Waals surface area contributed by atoms with Crippen LogP contribution in [0.3, 0.4) is 0 Å². The van der Waals surface area contributed by atoms with Gasteiger partial charge in [0, 0.05) is 32.4 Å². The van der Waals surface area contributed by atoms with Gasteiger partial charge in [-0.05, 0) is 12.1 Å². The monoisotopic (exact) mass is 243 g/mol. The lowest BCUT2D eigenvalue weighted by Gasteiger charge is -2.18. The van der Waals surface area contributed by atoms with E-state index in [2.05, 4.69) is 10.3 Å². The van der Waals surface area contributed by atoms with Crippen molar-refractivity contribution in [3.05, 3.63) is 48.3 Å². The summed E-state index contributed by atoms with van der Waals surface area (Å²) in [6.45, 7) is 0.569. The molecule has 0 spiro atoms. The molecule has 0 aliphatic rings. The van der Waals surface area contributed by atoms with Gasteiger partial charge >= 0.3 is 0 Å². The summed E-state index contributed by atoms with van der Waals surface area (Å²) in [6.07, 6.45) is 3.55. The lowest BCUT2D eigenvalue weighted by atomic mass is 10.2. The maximum atomic E-state index is 9.70. The smallest absolute Gasteiger partial charge is 0.120 e. The summed E-state index contributed by atoms with van der Waals surface area (Å²) in [4.78, 5) is 6.13. The molecule has 2 aromatic rings. The molecular formula is C14H17N3O. The number of hydrogen-bond donors (Lipinski definition) is 2. The standard InChI is InChI=1S/C14H17N3O/c1-17(2)13-7-8-15-10-12(13)16-9-11-5-3-4-6-14(11)18/h3-8,10,16,18H,9H2,1-2H3. The highest BCUT2D eigenvalue weighted by Crippen LogP contribution is 2.24. The Labute approximate surface area is 107 Å². The molecule has 94 valence electrons. The highest BCUT2D eigenvalue weighted by Gasteiger charge is 2.05. The predicted molar refractivity (Wildman–Crippen MR) is 74.0 cm³/mol. The molecule has 1 aromatic heterocycles. The number of rotatable bonds is 4. The van der Waals surface area contributed by atoms with Crippen molar-refractivity contribution in [3.8, 4) is 5.75 Å². The molecule has 0 atom stereocenters. The summed E-state index contributed by atoms with van der Waals surface area (Å²) < 4.78 is 0. The van der Waals surface area contributed by atoms with Crippen molar-refractivity contribution in [1.82, 2.24) is 4.98 Å². The van der Waals surface area contributed by atoms with Crippen LogP contribution >= 0.6 is 0 Å². The fraction of sp³-hybridized carbons (Fsp3) is 0.214. The summed E-state index contributed by atoms with van der Waals surface area (Å²) in [5.74, 6) is 0.306. The Morgan fingerprint density at radius 3 is 2.72 bits per heavy atom. The lowest BCUT2D eigenvalue weighted by molar-refractivity contribution is 0.469. The summed E-state index contributed by atoms with van der Waals surface area (Å²) >= 11 is 0. The van der Waals surface area contributed by atoms with Gasteiger partial charge in [0.25, 0.3) is 0 Å². The zero-order chi connectivity index (χ0) is 13.0. The Morgan fingerprint density at radius 1 is 1.22 bits per heavy atom. The number of pyridine rings is 1. The van der Waals surface area contributed by atoms with Gasteiger partial charge in [-0.2, -0.15) is 0 Å². The molecule has 18 heavy (non-hydrogen) atoms. The van der Waals surface area contributed by atoms with Gasteiger partial charge < -0.3 is 15.3 Å². The van der Waals surface area contributed by atoms with E-state index in [0.29, 0.717) is 12.3 Å². The first-order valence-electron chi connectivity index (χ1n) is 5.80. The molecule has 1 aromatic carbocycles. The molecule has 0 radical (unpaired) electrons. The molecule has 4 heteroatoms. The Bertz CT molecular complexity index is 526. The van der Waals surface area contributed by atoms with Crippen molar-refractivity contribution in [2.24, 2.45) is 0 Å². The van der Waals surface area contributed by atoms with Gasteiger partial charge in [0.15, 0.2) is 0 Å². The van der Waals surface area contributed by atoms with Crippen LogP contribution in [0, 0.1) is 0 Å². The lowest BCUT2D eigenvalue weighted by Crippen LogP contribution is -2.12. The van der Waals surface area contributed by atoms with E-state index in [9.17, 15) is 5.11 Å². The van der Waals surface area contributed by atoms with Crippen LogP contribution in [-0.2, 0) is 6.54 Å². The molecule has 0 fully saturated rings. The normalized spacial score (nSPS) is 10.1. The molecule has 0 saturated heterocycles. The third-order valence-electron chi connectivity index (χ3n) is 2.74. The number of hydrogen-bond acceptors (Lipinski definition) is 4. The minimum atomic E-state index is 0.306. The molecule has 0 amide bonds. The van der Waals surface area contributed by atoms with Gasteiger partial charge in [0.1, 0.15) is 5.75 Å². The highest BCUT2D eigenvalue weighted by molar-refractivity contribution is 5.68. The van der Waals surface area contributed by atoms with Gasteiger partial charge in [0.2, 0.25) is 0 Å². The van der Waals surface area contributed by atoms with Gasteiger partial charge in [-0.1, -0.05) is 18.2 Å². The molecule has 0 bridgehead atoms. The first kappa shape index (κ1) is 12.2. The second kappa shape index (κ2) is 5.40. The Kier molecular flexibility index (Phi) is 3.67. The van der Waals surface area contributed by atoms with Crippen molar-refractivity contribution in [3.63, 3.8) is 0 Å². The number of benzene rings is 1. The van der Waals surface area contributed by atoms with Crippen molar-refractivity contribution in [2.75, 3.05) is 24.3 Å². The first-order valence-corrected chi connectivity index (χ1v) is 5.80. The molecule has 2 rings (SSSR count). The zero-order valence-corrected chi connectivity index (χ0v) is 10.6. The van der Waals surface area contributed by atoms with Crippen LogP contribution in [0.5, 0.6) is 5.75 Å². The second-order valence-corrected chi connectivity index (χ2v) is 4.27. The molecule has 0 unspecified atom stereocenters. The topological polar surface area (TPSA) is 48.4 Å². The highest BCUT2D eigenvalue weighted by atomic mass is 16.3. The number of para-hydroxylation sites is 1. The largest absolute Gasteiger partial charge is 0.508 e. The predicted octanol–water partition coefficient (Wildman–Crippen LogP) is 2.47. The number of nitrogens with zero attached hydrogens (tertiary/aromatic N) is 2. The third kappa shape index (κ3) is 2.71. The van der Waals surface area contributed by atoms with Crippen LogP contribution < -0.4 is 10.2 Å². The quantitative estimate of drug-likeness (QED) is 0.866. The first-order chi connectivity index (χ1) is 8.68. The minimum absolute atomic E-state index is 0.306. The van der Waals surface area contributed by atoms with Crippen molar-refractivity contribution >= 4 is 11.4 Å². The molecule has 0 saturated carbocycles. The fourth-order valence-corrected chi connectivity index (χ4v) is 1.76. The molecular weight excluding hydrogens is 226 g/mol. The maximum absolute atomic E-state index is 9.70. The van der Waals surface area contributed by atoms with E-state index >= 15 is 0 Å². The van der Waals surface area contributed by atoms with Crippen LogP contribution in [0.4, 0.5) is 11.4 Å². The summed E-state index contributed by atoms with van der Waals surface area (Å²) in [5, 5.41) is 13.0. The van der Waals surface area contributed by atoms with Gasteiger partial charge in [0.05, 0.1) is 17.6 Å². The van der Waals surface area contributed by atoms with E-state index in [4.69, 9.17) is 0 Å². The minimum Gasteiger partial charge on any atom is -0.508 e. The maximum Gasteiger partial charge on any atom is 0.120 e. The molecule has 4 nitrogen and oxygen atoms in total. The van der Waals surface area contributed by atoms with Crippen molar-refractivity contribution in [2.45, 2.75) is 6.54 Å². The van der Waals surface area contributed by atoms with Crippen molar-refractivity contribution < 1.29 is 5.11 Å². The number of phenols is 1. The van der Waals surface area contributed by atoms with E-state index in [1.165, 1.54) is 0 Å². The average molecular weight is 243 g/mol. The van der Waals surface area contributed by atoms with Gasteiger partial charge in [-0.25, -0.2) is 0 Å². The molecule has 0 aliphatic heterocycles. The SMILES string of the molecule is CN(C)c1ccncc1NCc1ccccc1O. The van der Waals surface area contributed by atoms with Crippen LogP contribution in [-0.4, -0.2) is 24.2 Å². The van der Waals surface area contributed by atoms with Crippen LogP contribution in [0.1, 0.15) is 5.56 Å². The summed E-state index contributed by atoms with van der Waals surface area (Å²) in [5.41, 5.74) is 2.89. The number of aromatic nitrogens is 1. The number of nitrogens with one attached hydrogen (secondary N) is 1. The zero-order valence-electron chi connectivity index (χ0n) is 10.6. The molecule has 2 N–H and O–H groups in total. The third-order valence-corrected chi connectivity index (χ3v) is 2.74. The fourth-order valence-electron chi connectivity index (χ4n) is 1.76. The Balaban J connectivity index is 2.14. The average Bonchev–Trinajstić information content (AvgIpc) is 2.38. The van der Waals surface area contributed by atoms with E-state index in [0.717, 1.165) is 16.9 Å². The second-order valence-electron chi connectivity index (χ2n) is 4.27. The summed E-state index contributed by atoms with van der Waals surface area (Å²) in [7, 11) is 3.97. The van der Waals surface area contributed by atoms with Crippen molar-refractivity contribution in [1.29, 1.82) is 0 Å². The van der Waals surface area contributed by atoms with E-state index in [1.807, 2.05) is 43.3 Å². The van der Waals surface area contributed by atoms with Crippen LogP contribution in [0.2, 0.25) is 0 Å². The number of aromatic hydroxyl groups is 1. The Morgan fingerprint density at radius 2 is 2.00 bits per heavy atom. The number of phenolic OH excluding ortho intramolecular Hbond substituents is 1. The van der Waals surface area contributed by atoms with E-state index < -0.39 is 0 Å². The molecule has 1 heterocycles. The number of anilines is 2. The van der Waals surface area contributed by atoms with Gasteiger partial charge in [-0.3, -0.25) is 4.98 Å². The molecule has 0 aliphatic carbocycles. The summed E-state index contributed by atoms with van der Waals surface area (Å²) in [6, 6.07) is 9.26. The van der Waals surface area contributed by atoms with E-state index in [-0.39, 0.29) is 0 Å².